The molecule has 2 fully saturated rings. The third kappa shape index (κ3) is 1.33. The average molecular weight is 231 g/mol. The Balaban J connectivity index is 2.20. The van der Waals surface area contributed by atoms with Crippen LogP contribution in [0.15, 0.2) is 0 Å². The van der Waals surface area contributed by atoms with Crippen molar-refractivity contribution < 1.29 is 0 Å². The molecule has 0 unspecified atom stereocenters. The Kier molecular flexibility index (Phi) is 2.04. The normalized spacial score (nSPS) is 26.0. The number of hydrogen-bond acceptors (Lipinski definition) is 3. The zero-order valence-corrected chi connectivity index (χ0v) is 8.70. The van der Waals surface area contributed by atoms with Crippen molar-refractivity contribution >= 4 is 34.8 Å². The monoisotopic (exact) mass is 229 g/mol. The van der Waals surface area contributed by atoms with Crippen LogP contribution in [0.2, 0.25) is 0 Å². The van der Waals surface area contributed by atoms with Gasteiger partial charge in [0.1, 0.15) is 0 Å². The van der Waals surface area contributed by atoms with Crippen LogP contribution in [-0.4, -0.2) is 45.6 Å². The molecule has 12 heavy (non-hydrogen) atoms. The molecule has 2 aliphatic rings. The zero-order chi connectivity index (χ0) is 8.98. The van der Waals surface area contributed by atoms with Gasteiger partial charge in [-0.3, -0.25) is 15.5 Å². The molecule has 70 valence electrons. The van der Waals surface area contributed by atoms with Crippen LogP contribution in [0.5, 0.6) is 0 Å². The number of nitrogens with zero attached hydrogens (tertiary/aromatic N) is 2. The highest BCUT2D eigenvalue weighted by molar-refractivity contribution is 6.68. The Morgan fingerprint density at radius 2 is 1.25 bits per heavy atom. The van der Waals surface area contributed by atoms with E-state index in [1.54, 1.807) is 0 Å². The van der Waals surface area contributed by atoms with E-state index in [-0.39, 0.29) is 0 Å². The van der Waals surface area contributed by atoms with Gasteiger partial charge >= 0.3 is 0 Å². The molecule has 0 radical (unpaired) electrons. The summed E-state index contributed by atoms with van der Waals surface area (Å²) in [6.07, 6.45) is 0. The minimum absolute atomic E-state index is 0.877. The van der Waals surface area contributed by atoms with E-state index in [1.807, 2.05) is 9.80 Å². The SMILES string of the molecule is NC(N1CC1)(N1CC1)C(Cl)(Cl)Cl. The highest BCUT2D eigenvalue weighted by Crippen LogP contribution is 2.45. The van der Waals surface area contributed by atoms with E-state index in [2.05, 4.69) is 0 Å². The molecule has 0 aliphatic carbocycles. The van der Waals surface area contributed by atoms with E-state index >= 15 is 0 Å². The number of rotatable bonds is 2. The lowest BCUT2D eigenvalue weighted by molar-refractivity contribution is 0.106. The van der Waals surface area contributed by atoms with Crippen molar-refractivity contribution in [3.05, 3.63) is 0 Å². The molecular formula is C6H10Cl3N3. The van der Waals surface area contributed by atoms with Crippen LogP contribution in [0.1, 0.15) is 0 Å². The van der Waals surface area contributed by atoms with Gasteiger partial charge in [-0.05, 0) is 0 Å². The van der Waals surface area contributed by atoms with Crippen molar-refractivity contribution in [2.75, 3.05) is 26.2 Å². The predicted molar refractivity (Wildman–Crippen MR) is 50.4 cm³/mol. The molecule has 2 rings (SSSR count). The number of halogens is 3. The number of hydrogen-bond donors (Lipinski definition) is 1. The largest absolute Gasteiger partial charge is 0.297 e. The van der Waals surface area contributed by atoms with Gasteiger partial charge in [0.15, 0.2) is 5.79 Å². The third-order valence-corrected chi connectivity index (χ3v) is 3.11. The van der Waals surface area contributed by atoms with Crippen molar-refractivity contribution in [1.82, 2.24) is 9.80 Å². The molecule has 2 aliphatic heterocycles. The molecule has 0 amide bonds. The lowest BCUT2D eigenvalue weighted by Gasteiger charge is -2.38. The van der Waals surface area contributed by atoms with Gasteiger partial charge in [-0.15, -0.1) is 0 Å². The van der Waals surface area contributed by atoms with Crippen LogP contribution in [0, 0.1) is 0 Å². The Morgan fingerprint density at radius 1 is 0.917 bits per heavy atom. The predicted octanol–water partition coefficient (Wildman–Crippen LogP) is 0.600. The van der Waals surface area contributed by atoms with Gasteiger partial charge in [0, 0.05) is 26.2 Å². The van der Waals surface area contributed by atoms with Crippen molar-refractivity contribution in [1.29, 1.82) is 0 Å². The Labute approximate surface area is 86.3 Å². The van der Waals surface area contributed by atoms with Gasteiger partial charge in [0.2, 0.25) is 3.79 Å². The van der Waals surface area contributed by atoms with Crippen molar-refractivity contribution in [2.45, 2.75) is 9.58 Å². The fraction of sp³-hybridized carbons (Fsp3) is 1.00. The Hall–Kier alpha value is 0.750. The van der Waals surface area contributed by atoms with Gasteiger partial charge < -0.3 is 0 Å². The van der Waals surface area contributed by atoms with E-state index in [0.29, 0.717) is 0 Å². The summed E-state index contributed by atoms with van der Waals surface area (Å²) < 4.78 is -1.43. The first kappa shape index (κ1) is 9.31. The molecule has 0 atom stereocenters. The molecule has 0 aromatic heterocycles. The maximum Gasteiger partial charge on any atom is 0.235 e. The molecule has 3 nitrogen and oxygen atoms in total. The summed E-state index contributed by atoms with van der Waals surface area (Å²) in [6, 6.07) is 0. The molecule has 0 spiro atoms. The smallest absolute Gasteiger partial charge is 0.235 e. The molecule has 2 N–H and O–H groups in total. The highest BCUT2D eigenvalue weighted by atomic mass is 35.6. The third-order valence-electron chi connectivity index (χ3n) is 2.28. The first-order valence-corrected chi connectivity index (χ1v) is 4.95. The topological polar surface area (TPSA) is 32.0 Å². The van der Waals surface area contributed by atoms with Gasteiger partial charge in [0.05, 0.1) is 0 Å². The molecular weight excluding hydrogens is 220 g/mol. The number of alkyl halides is 3. The Bertz CT molecular complexity index is 183. The fourth-order valence-corrected chi connectivity index (χ4v) is 2.06. The first-order chi connectivity index (χ1) is 5.46. The quantitative estimate of drug-likeness (QED) is 0.557. The lowest BCUT2D eigenvalue weighted by atomic mass is 10.4. The number of nitrogens with two attached hydrogens (primary N) is 1. The summed E-state index contributed by atoms with van der Waals surface area (Å²) in [7, 11) is 0. The first-order valence-electron chi connectivity index (χ1n) is 3.82. The standard InChI is InChI=1S/C6H10Cl3N3/c7-5(8,9)6(10,11-1-2-11)12-3-4-12/h1-4,10H2. The summed E-state index contributed by atoms with van der Waals surface area (Å²) in [6.45, 7) is 3.67. The fourth-order valence-electron chi connectivity index (χ4n) is 1.34. The molecule has 0 aromatic rings. The molecule has 2 heterocycles. The maximum atomic E-state index is 6.04. The van der Waals surface area contributed by atoms with Crippen LogP contribution >= 0.6 is 34.8 Å². The Morgan fingerprint density at radius 3 is 1.42 bits per heavy atom. The molecule has 0 saturated carbocycles. The van der Waals surface area contributed by atoms with Crippen molar-refractivity contribution in [3.8, 4) is 0 Å². The van der Waals surface area contributed by atoms with Gasteiger partial charge in [-0.25, -0.2) is 0 Å². The second kappa shape index (κ2) is 2.62. The van der Waals surface area contributed by atoms with Gasteiger partial charge in [-0.1, -0.05) is 34.8 Å². The maximum absolute atomic E-state index is 6.04. The second-order valence-electron chi connectivity index (χ2n) is 3.20. The van der Waals surface area contributed by atoms with Crippen molar-refractivity contribution in [2.24, 2.45) is 5.73 Å². The molecule has 0 aromatic carbocycles. The summed E-state index contributed by atoms with van der Waals surface area (Å²) in [5.74, 6) is -0.877. The van der Waals surface area contributed by atoms with Crippen LogP contribution in [-0.2, 0) is 0 Å². The summed E-state index contributed by atoms with van der Waals surface area (Å²) in [5.41, 5.74) is 6.04. The summed E-state index contributed by atoms with van der Waals surface area (Å²) in [4.78, 5) is 3.93. The van der Waals surface area contributed by atoms with Crippen LogP contribution in [0.4, 0.5) is 0 Å². The minimum atomic E-state index is -1.43. The second-order valence-corrected chi connectivity index (χ2v) is 5.48. The highest BCUT2D eigenvalue weighted by Gasteiger charge is 2.60. The molecule has 0 bridgehead atoms. The molecule has 6 heteroatoms. The van der Waals surface area contributed by atoms with E-state index < -0.39 is 9.58 Å². The van der Waals surface area contributed by atoms with Gasteiger partial charge in [-0.2, -0.15) is 0 Å². The van der Waals surface area contributed by atoms with E-state index in [4.69, 9.17) is 40.5 Å². The van der Waals surface area contributed by atoms with Crippen LogP contribution in [0.25, 0.3) is 0 Å². The minimum Gasteiger partial charge on any atom is -0.297 e. The van der Waals surface area contributed by atoms with E-state index in [9.17, 15) is 0 Å². The zero-order valence-electron chi connectivity index (χ0n) is 6.43. The summed E-state index contributed by atoms with van der Waals surface area (Å²) >= 11 is 17.5. The summed E-state index contributed by atoms with van der Waals surface area (Å²) in [5, 5.41) is 0. The van der Waals surface area contributed by atoms with E-state index in [1.165, 1.54) is 0 Å². The van der Waals surface area contributed by atoms with Crippen LogP contribution < -0.4 is 5.73 Å². The average Bonchev–Trinajstić information content (AvgIpc) is 2.79. The van der Waals surface area contributed by atoms with Crippen LogP contribution in [0.3, 0.4) is 0 Å². The lowest BCUT2D eigenvalue weighted by Crippen LogP contribution is -2.63. The van der Waals surface area contributed by atoms with Gasteiger partial charge in [0.25, 0.3) is 0 Å². The van der Waals surface area contributed by atoms with E-state index in [0.717, 1.165) is 26.2 Å². The van der Waals surface area contributed by atoms with Crippen molar-refractivity contribution in [3.63, 3.8) is 0 Å². The molecule has 2 saturated heterocycles.